The molecule has 4 rings (SSSR count). The number of rotatable bonds is 6. The minimum atomic E-state index is -0.494. The van der Waals surface area contributed by atoms with Gasteiger partial charge in [0, 0.05) is 13.1 Å². The highest BCUT2D eigenvalue weighted by Gasteiger charge is 2.37. The number of anilines is 1. The summed E-state index contributed by atoms with van der Waals surface area (Å²) in [7, 11) is 3.73. The van der Waals surface area contributed by atoms with Crippen molar-refractivity contribution in [3.63, 3.8) is 0 Å². The number of nitrogens with zero attached hydrogens (tertiary/aromatic N) is 4. The molecule has 0 fully saturated rings. The van der Waals surface area contributed by atoms with Crippen LogP contribution in [0.3, 0.4) is 0 Å². The molecular formula is C21H20ClFN4O3S. The summed E-state index contributed by atoms with van der Waals surface area (Å²) in [5, 5.41) is 0.332. The summed E-state index contributed by atoms with van der Waals surface area (Å²) < 4.78 is 14.7. The van der Waals surface area contributed by atoms with Crippen molar-refractivity contribution >= 4 is 56.8 Å². The van der Waals surface area contributed by atoms with Gasteiger partial charge in [0.05, 0.1) is 15.8 Å². The van der Waals surface area contributed by atoms with Gasteiger partial charge in [-0.3, -0.25) is 24.2 Å². The number of aromatic nitrogens is 1. The van der Waals surface area contributed by atoms with Crippen LogP contribution in [0.2, 0.25) is 0 Å². The highest BCUT2D eigenvalue weighted by molar-refractivity contribution is 7.22. The number of carbonyl (C=O) groups excluding carboxylic acids is 3. The van der Waals surface area contributed by atoms with Crippen molar-refractivity contribution in [1.29, 1.82) is 0 Å². The number of hydrogen-bond acceptors (Lipinski definition) is 6. The van der Waals surface area contributed by atoms with Gasteiger partial charge >= 0.3 is 0 Å². The van der Waals surface area contributed by atoms with Crippen LogP contribution < -0.4 is 4.90 Å². The summed E-state index contributed by atoms with van der Waals surface area (Å²) in [5.41, 5.74) is 0.773. The van der Waals surface area contributed by atoms with Gasteiger partial charge in [-0.05, 0) is 38.4 Å². The standard InChI is InChI=1S/C21H19FN4O3S.ClH/c1-24(2)10-11-25(21-23-18-15(22)8-5-9-16(18)30-21)17(27)12-26-19(28)13-6-3-4-7-14(13)20(26)29;/h3-9H,10-12H2,1-2H3;1H. The molecule has 162 valence electrons. The Kier molecular flexibility index (Phi) is 6.68. The molecule has 2 aromatic carbocycles. The summed E-state index contributed by atoms with van der Waals surface area (Å²) >= 11 is 1.19. The first kappa shape index (κ1) is 22.8. The van der Waals surface area contributed by atoms with Crippen molar-refractivity contribution in [1.82, 2.24) is 14.8 Å². The van der Waals surface area contributed by atoms with Gasteiger partial charge in [0.15, 0.2) is 5.13 Å². The molecule has 0 aliphatic carbocycles. The molecule has 0 unspecified atom stereocenters. The summed E-state index contributed by atoms with van der Waals surface area (Å²) in [6.07, 6.45) is 0. The number of amides is 3. The number of para-hydroxylation sites is 1. The quantitative estimate of drug-likeness (QED) is 0.526. The van der Waals surface area contributed by atoms with Crippen molar-refractivity contribution in [2.24, 2.45) is 0 Å². The van der Waals surface area contributed by atoms with Gasteiger partial charge in [-0.15, -0.1) is 12.4 Å². The van der Waals surface area contributed by atoms with Crippen LogP contribution in [0, 0.1) is 5.82 Å². The Morgan fingerprint density at radius 2 is 1.68 bits per heavy atom. The Bertz CT molecular complexity index is 1130. The van der Waals surface area contributed by atoms with Crippen molar-refractivity contribution < 1.29 is 18.8 Å². The van der Waals surface area contributed by atoms with E-state index in [1.54, 1.807) is 36.4 Å². The molecule has 31 heavy (non-hydrogen) atoms. The van der Waals surface area contributed by atoms with Crippen LogP contribution in [0.15, 0.2) is 42.5 Å². The van der Waals surface area contributed by atoms with Crippen LogP contribution in [0.1, 0.15) is 20.7 Å². The molecule has 3 aromatic rings. The molecule has 0 saturated heterocycles. The van der Waals surface area contributed by atoms with Crippen LogP contribution in [0.4, 0.5) is 9.52 Å². The Labute approximate surface area is 188 Å². The zero-order valence-corrected chi connectivity index (χ0v) is 18.5. The van der Waals surface area contributed by atoms with E-state index in [0.29, 0.717) is 16.4 Å². The second-order valence-electron chi connectivity index (χ2n) is 7.17. The third-order valence-electron chi connectivity index (χ3n) is 4.83. The molecule has 2 heterocycles. The zero-order chi connectivity index (χ0) is 21.4. The number of benzene rings is 2. The lowest BCUT2D eigenvalue weighted by atomic mass is 10.1. The van der Waals surface area contributed by atoms with Crippen LogP contribution in [-0.2, 0) is 4.79 Å². The maximum atomic E-state index is 14.1. The average molecular weight is 463 g/mol. The van der Waals surface area contributed by atoms with E-state index in [4.69, 9.17) is 0 Å². The van der Waals surface area contributed by atoms with E-state index in [-0.39, 0.29) is 35.6 Å². The van der Waals surface area contributed by atoms with E-state index in [9.17, 15) is 18.8 Å². The summed E-state index contributed by atoms with van der Waals surface area (Å²) in [6.45, 7) is 0.418. The maximum absolute atomic E-state index is 14.1. The molecule has 0 saturated carbocycles. The Balaban J connectivity index is 0.00000272. The molecule has 1 aliphatic heterocycles. The molecule has 1 aliphatic rings. The predicted octanol–water partition coefficient (Wildman–Crippen LogP) is 3.05. The molecule has 0 spiro atoms. The Hall–Kier alpha value is -2.88. The lowest BCUT2D eigenvalue weighted by Crippen LogP contribution is -2.45. The molecular weight excluding hydrogens is 443 g/mol. The summed E-state index contributed by atoms with van der Waals surface area (Å²) in [4.78, 5) is 46.9. The molecule has 0 bridgehead atoms. The topological polar surface area (TPSA) is 73.8 Å². The van der Waals surface area contributed by atoms with Gasteiger partial charge in [0.1, 0.15) is 17.9 Å². The maximum Gasteiger partial charge on any atom is 0.262 e. The molecule has 0 N–H and O–H groups in total. The SMILES string of the molecule is CN(C)CCN(C(=O)CN1C(=O)c2ccccc2C1=O)c1nc2c(F)cccc2s1.Cl. The van der Waals surface area contributed by atoms with Crippen molar-refractivity contribution in [2.75, 3.05) is 38.6 Å². The van der Waals surface area contributed by atoms with E-state index >= 15 is 0 Å². The number of fused-ring (bicyclic) bond motifs is 2. The molecule has 0 radical (unpaired) electrons. The minimum absolute atomic E-state index is 0. The first-order chi connectivity index (χ1) is 14.4. The van der Waals surface area contributed by atoms with Crippen LogP contribution in [0.25, 0.3) is 10.2 Å². The van der Waals surface area contributed by atoms with Gasteiger partial charge in [-0.25, -0.2) is 9.37 Å². The normalized spacial score (nSPS) is 13.0. The van der Waals surface area contributed by atoms with Crippen LogP contribution in [-0.4, -0.2) is 66.2 Å². The van der Waals surface area contributed by atoms with E-state index in [1.165, 1.54) is 22.3 Å². The predicted molar refractivity (Wildman–Crippen MR) is 120 cm³/mol. The average Bonchev–Trinajstić information content (AvgIpc) is 3.25. The number of hydrogen-bond donors (Lipinski definition) is 0. The largest absolute Gasteiger partial charge is 0.308 e. The van der Waals surface area contributed by atoms with Gasteiger partial charge in [0.2, 0.25) is 5.91 Å². The lowest BCUT2D eigenvalue weighted by molar-refractivity contribution is -0.119. The zero-order valence-electron chi connectivity index (χ0n) is 16.9. The Morgan fingerprint density at radius 1 is 1.03 bits per heavy atom. The van der Waals surface area contributed by atoms with Crippen LogP contribution >= 0.6 is 23.7 Å². The lowest BCUT2D eigenvalue weighted by Gasteiger charge is -2.24. The van der Waals surface area contributed by atoms with Gasteiger partial charge in [-0.2, -0.15) is 0 Å². The highest BCUT2D eigenvalue weighted by Crippen LogP contribution is 2.31. The van der Waals surface area contributed by atoms with Gasteiger partial charge < -0.3 is 4.90 Å². The molecule has 1 aromatic heterocycles. The first-order valence-electron chi connectivity index (χ1n) is 9.32. The van der Waals surface area contributed by atoms with Gasteiger partial charge in [-0.1, -0.05) is 29.5 Å². The summed E-state index contributed by atoms with van der Waals surface area (Å²) in [6, 6.07) is 11.1. The van der Waals surface area contributed by atoms with Crippen molar-refractivity contribution in [2.45, 2.75) is 0 Å². The van der Waals surface area contributed by atoms with E-state index in [0.717, 1.165) is 4.90 Å². The first-order valence-corrected chi connectivity index (χ1v) is 10.1. The summed E-state index contributed by atoms with van der Waals surface area (Å²) in [5.74, 6) is -1.90. The monoisotopic (exact) mass is 462 g/mol. The second-order valence-corrected chi connectivity index (χ2v) is 8.18. The molecule has 0 atom stereocenters. The molecule has 3 amide bonds. The smallest absolute Gasteiger partial charge is 0.262 e. The van der Waals surface area contributed by atoms with Crippen LogP contribution in [0.5, 0.6) is 0 Å². The number of carbonyl (C=O) groups is 3. The van der Waals surface area contributed by atoms with Crippen molar-refractivity contribution in [3.05, 3.63) is 59.4 Å². The third kappa shape index (κ3) is 4.30. The van der Waals surface area contributed by atoms with Gasteiger partial charge in [0.25, 0.3) is 11.8 Å². The molecule has 7 nitrogen and oxygen atoms in total. The number of likely N-dealkylation sites (N-methyl/N-ethyl adjacent to an activating group) is 1. The number of thiazole rings is 1. The van der Waals surface area contributed by atoms with Crippen molar-refractivity contribution in [3.8, 4) is 0 Å². The highest BCUT2D eigenvalue weighted by atomic mass is 35.5. The second kappa shape index (κ2) is 9.09. The third-order valence-corrected chi connectivity index (χ3v) is 5.88. The fourth-order valence-electron chi connectivity index (χ4n) is 3.25. The van der Waals surface area contributed by atoms with E-state index in [1.807, 2.05) is 19.0 Å². The molecule has 10 heteroatoms. The fraction of sp³-hybridized carbons (Fsp3) is 0.238. The van der Waals surface area contributed by atoms with E-state index in [2.05, 4.69) is 4.98 Å². The Morgan fingerprint density at radius 3 is 2.26 bits per heavy atom. The minimum Gasteiger partial charge on any atom is -0.308 e. The fourth-order valence-corrected chi connectivity index (χ4v) is 4.27. The number of halogens is 2. The van der Waals surface area contributed by atoms with E-state index < -0.39 is 30.1 Å². The number of imide groups is 1.